The van der Waals surface area contributed by atoms with Crippen LogP contribution in [0, 0.1) is 0 Å². The summed E-state index contributed by atoms with van der Waals surface area (Å²) in [6, 6.07) is 0. The molecule has 0 heterocycles. The molecule has 0 aliphatic carbocycles. The molecule has 0 unspecified atom stereocenters. The van der Waals surface area contributed by atoms with Crippen LogP contribution in [-0.2, 0) is 25.4 Å². The fourth-order valence-corrected chi connectivity index (χ4v) is 0. The van der Waals surface area contributed by atoms with E-state index in [1.54, 1.807) is 0 Å². The molecule has 0 radical (unpaired) electrons. The average Bonchev–Trinajstić information content (AvgIpc) is 0.811. The molecule has 0 aromatic heterocycles. The summed E-state index contributed by atoms with van der Waals surface area (Å²) in [4.78, 5) is 0. The van der Waals surface area contributed by atoms with Gasteiger partial charge in [-0.25, -0.2) is 0 Å². The van der Waals surface area contributed by atoms with Gasteiger partial charge in [-0.1, -0.05) is 0 Å². The zero-order valence-electron chi connectivity index (χ0n) is 2.21. The Morgan fingerprint density at radius 2 is 1.40 bits per heavy atom. The van der Waals surface area contributed by atoms with Crippen LogP contribution in [0.5, 0.6) is 0 Å². The Bertz CT molecular complexity index is 29.9. The predicted octanol–water partition coefficient (Wildman–Crippen LogP) is -1.08. The predicted molar refractivity (Wildman–Crippen MR) is 7.63 cm³/mol. The fourth-order valence-electron chi connectivity index (χ4n) is 0. The van der Waals surface area contributed by atoms with Gasteiger partial charge in [0.25, 0.3) is 0 Å². The second-order valence-electron chi connectivity index (χ2n) is 0.283. The average molecular weight is 161 g/mol. The van der Waals surface area contributed by atoms with Crippen molar-refractivity contribution in [2.75, 3.05) is 0 Å². The van der Waals surface area contributed by atoms with E-state index in [0.29, 0.717) is 0 Å². The normalized spacial score (nSPS) is 5.20. The van der Waals surface area contributed by atoms with Gasteiger partial charge in [0.05, 0.1) is 0 Å². The van der Waals surface area contributed by atoms with Crippen molar-refractivity contribution in [3.63, 3.8) is 0 Å². The summed E-state index contributed by atoms with van der Waals surface area (Å²) < 4.78 is 23.3. The number of rotatable bonds is 0. The standard InChI is InChI=1S/FH.2H2O.O.Zr/h1H;2*1H2;;/q;;;;+2/p-2. The van der Waals surface area contributed by atoms with Gasteiger partial charge in [0.1, 0.15) is 0 Å². The van der Waals surface area contributed by atoms with Crippen molar-refractivity contribution in [1.82, 2.24) is 0 Å². The molecule has 0 aromatic carbocycles. The van der Waals surface area contributed by atoms with E-state index in [2.05, 4.69) is 0 Å². The van der Waals surface area contributed by atoms with Crippen LogP contribution in [0.15, 0.2) is 0 Å². The quantitative estimate of drug-likeness (QED) is 0.475. The molecule has 0 saturated carbocycles. The summed E-state index contributed by atoms with van der Waals surface area (Å²) in [5.41, 5.74) is 0. The summed E-state index contributed by atoms with van der Waals surface area (Å²) >= 11 is -3.79. The van der Waals surface area contributed by atoms with Gasteiger partial charge in [0, 0.05) is 0 Å². The minimum absolute atomic E-state index is 0. The first-order valence-electron chi connectivity index (χ1n) is 0.651. The Kier molecular flexibility index (Phi) is 8.26. The molecule has 5 heavy (non-hydrogen) atoms. The molecule has 0 saturated heterocycles. The third-order valence-electron chi connectivity index (χ3n) is 0. The molecule has 32 valence electrons. The van der Waals surface area contributed by atoms with E-state index in [0.717, 1.165) is 0 Å². The minimum atomic E-state index is -3.79. The van der Waals surface area contributed by atoms with Gasteiger partial charge < -0.3 is 0 Å². The second kappa shape index (κ2) is 4.53. The Morgan fingerprint density at radius 3 is 1.40 bits per heavy atom. The summed E-state index contributed by atoms with van der Waals surface area (Å²) in [5.74, 6) is 0. The van der Waals surface area contributed by atoms with Gasteiger partial charge in [-0.3, -0.25) is 4.70 Å². The van der Waals surface area contributed by atoms with E-state index in [4.69, 9.17) is 9.18 Å². The Morgan fingerprint density at radius 1 is 1.40 bits per heavy atom. The van der Waals surface area contributed by atoms with Crippen molar-refractivity contribution < 1.29 is 36.5 Å². The Labute approximate surface area is 37.0 Å². The van der Waals surface area contributed by atoms with Crippen molar-refractivity contribution in [2.45, 2.75) is 0 Å². The van der Waals surface area contributed by atoms with Crippen molar-refractivity contribution in [1.29, 1.82) is 0 Å². The topological polar surface area (TPSA) is 57.5 Å². The van der Waals surface area contributed by atoms with Gasteiger partial charge in [-0.05, 0) is 0 Å². The molecular formula is H3FO3Zr. The zero-order chi connectivity index (χ0) is 3.58. The molecular weight excluding hydrogens is 158 g/mol. The fraction of sp³-hybridized carbons (Fsp3) is 0. The van der Waals surface area contributed by atoms with E-state index >= 15 is 0 Å². The van der Waals surface area contributed by atoms with Gasteiger partial charge in [-0.15, -0.1) is 0 Å². The van der Waals surface area contributed by atoms with Gasteiger partial charge in [-0.2, -0.15) is 0 Å². The van der Waals surface area contributed by atoms with Gasteiger partial charge >= 0.3 is 31.8 Å². The molecule has 0 spiro atoms. The summed E-state index contributed by atoms with van der Waals surface area (Å²) in [5, 5.41) is 0. The van der Waals surface area contributed by atoms with E-state index in [1.165, 1.54) is 0 Å². The Hall–Kier alpha value is 0.533. The maximum absolute atomic E-state index is 8.84. The van der Waals surface area contributed by atoms with Crippen LogP contribution in [0.4, 0.5) is 4.70 Å². The number of hydrogen-bond donors (Lipinski definition) is 2. The van der Waals surface area contributed by atoms with Crippen LogP contribution in [0.2, 0.25) is 0 Å². The van der Waals surface area contributed by atoms with Crippen molar-refractivity contribution in [3.05, 3.63) is 0 Å². The second-order valence-corrected chi connectivity index (χ2v) is 1.67. The number of halogens is 1. The molecule has 0 rings (SSSR count). The molecule has 0 aliphatic heterocycles. The molecule has 2 N–H and O–H groups in total. The van der Waals surface area contributed by atoms with Crippen LogP contribution < -0.4 is 0 Å². The van der Waals surface area contributed by atoms with Crippen LogP contribution in [-0.4, -0.2) is 6.37 Å². The van der Waals surface area contributed by atoms with Crippen LogP contribution in [0.1, 0.15) is 0 Å². The van der Waals surface area contributed by atoms with E-state index in [1.807, 2.05) is 0 Å². The molecule has 0 fully saturated rings. The zero-order valence-corrected chi connectivity index (χ0v) is 4.67. The molecule has 0 amide bonds. The Balaban J connectivity index is 0. The summed E-state index contributed by atoms with van der Waals surface area (Å²) in [7, 11) is 0. The van der Waals surface area contributed by atoms with Crippen molar-refractivity contribution in [2.24, 2.45) is 0 Å². The SMILES string of the molecule is F.[O]=[Zr]([OH])[OH]. The summed E-state index contributed by atoms with van der Waals surface area (Å²) in [6.07, 6.45) is 0. The molecule has 0 aliphatic rings. The van der Waals surface area contributed by atoms with Crippen LogP contribution in [0.3, 0.4) is 0 Å². The molecule has 0 bridgehead atoms. The molecule has 0 atom stereocenters. The van der Waals surface area contributed by atoms with E-state index in [-0.39, 0.29) is 4.70 Å². The van der Waals surface area contributed by atoms with Crippen LogP contribution >= 0.6 is 0 Å². The van der Waals surface area contributed by atoms with E-state index < -0.39 is 22.6 Å². The van der Waals surface area contributed by atoms with Gasteiger partial charge in [0.2, 0.25) is 0 Å². The molecule has 3 nitrogen and oxygen atoms in total. The van der Waals surface area contributed by atoms with Crippen molar-refractivity contribution >= 4 is 0 Å². The third kappa shape index (κ3) is 102. The molecule has 5 heteroatoms. The van der Waals surface area contributed by atoms with Gasteiger partial charge in [0.15, 0.2) is 0 Å². The summed E-state index contributed by atoms with van der Waals surface area (Å²) in [6.45, 7) is 0. The first-order valence-corrected chi connectivity index (χ1v) is 3.85. The molecule has 0 aromatic rings. The van der Waals surface area contributed by atoms with Crippen molar-refractivity contribution in [3.8, 4) is 0 Å². The van der Waals surface area contributed by atoms with E-state index in [9.17, 15) is 0 Å². The third-order valence-corrected chi connectivity index (χ3v) is 0. The monoisotopic (exact) mass is 160 g/mol. The first-order chi connectivity index (χ1) is 1.73. The van der Waals surface area contributed by atoms with Crippen LogP contribution in [0.25, 0.3) is 0 Å². The number of hydrogen-bond acceptors (Lipinski definition) is 1. The first kappa shape index (κ1) is 9.11. The maximum atomic E-state index is 8.84.